The van der Waals surface area contributed by atoms with Crippen molar-refractivity contribution in [3.63, 3.8) is 0 Å². The molecule has 2 aromatic heterocycles. The molecule has 0 atom stereocenters. The topological polar surface area (TPSA) is 30.7 Å². The molecule has 124 valence electrons. The Morgan fingerprint density at radius 2 is 1.76 bits per heavy atom. The van der Waals surface area contributed by atoms with Crippen molar-refractivity contribution in [1.82, 2.24) is 14.5 Å². The number of benzene rings is 2. The predicted octanol–water partition coefficient (Wildman–Crippen LogP) is 5.65. The molecule has 0 unspecified atom stereocenters. The van der Waals surface area contributed by atoms with Crippen LogP contribution < -0.4 is 0 Å². The number of imidazole rings is 1. The summed E-state index contributed by atoms with van der Waals surface area (Å²) in [4.78, 5) is 9.18. The van der Waals surface area contributed by atoms with Crippen LogP contribution in [-0.4, -0.2) is 14.5 Å². The van der Waals surface area contributed by atoms with Gasteiger partial charge in [-0.1, -0.05) is 35.9 Å². The molecule has 0 radical (unpaired) electrons. The lowest BCUT2D eigenvalue weighted by molar-refractivity contribution is 0.617. The molecule has 0 aliphatic carbocycles. The Morgan fingerprint density at radius 1 is 0.880 bits per heavy atom. The van der Waals surface area contributed by atoms with Crippen LogP contribution in [0.4, 0.5) is 0 Å². The zero-order valence-electron chi connectivity index (χ0n) is 14.8. The summed E-state index contributed by atoms with van der Waals surface area (Å²) >= 11 is 0. The Balaban J connectivity index is 1.91. The molecule has 2 aromatic carbocycles. The largest absolute Gasteiger partial charge is 0.328 e. The van der Waals surface area contributed by atoms with E-state index in [9.17, 15) is 0 Å². The van der Waals surface area contributed by atoms with Gasteiger partial charge in [0.1, 0.15) is 0 Å². The van der Waals surface area contributed by atoms with Gasteiger partial charge in [0.15, 0.2) is 0 Å². The third-order valence-electron chi connectivity index (χ3n) is 4.54. The van der Waals surface area contributed by atoms with E-state index < -0.39 is 0 Å². The Hall–Kier alpha value is -2.94. The SMILES string of the molecule is Cc1cccc(-c2ncccc2-c2ccc3ncn(C(C)C)c3c2)c1. The maximum atomic E-state index is 4.67. The second-order valence-electron chi connectivity index (χ2n) is 6.72. The van der Waals surface area contributed by atoms with E-state index in [1.165, 1.54) is 11.1 Å². The molecule has 0 aliphatic heterocycles. The highest BCUT2D eigenvalue weighted by Gasteiger charge is 2.12. The first-order chi connectivity index (χ1) is 12.1. The van der Waals surface area contributed by atoms with E-state index >= 15 is 0 Å². The second kappa shape index (κ2) is 6.17. The highest BCUT2D eigenvalue weighted by atomic mass is 15.1. The van der Waals surface area contributed by atoms with Gasteiger partial charge in [-0.2, -0.15) is 0 Å². The number of nitrogens with zero attached hydrogens (tertiary/aromatic N) is 3. The van der Waals surface area contributed by atoms with E-state index in [1.54, 1.807) is 0 Å². The number of hydrogen-bond donors (Lipinski definition) is 0. The van der Waals surface area contributed by atoms with Crippen LogP contribution in [-0.2, 0) is 0 Å². The van der Waals surface area contributed by atoms with Crippen molar-refractivity contribution in [3.8, 4) is 22.4 Å². The van der Waals surface area contributed by atoms with Crippen LogP contribution in [0.1, 0.15) is 25.5 Å². The van der Waals surface area contributed by atoms with Gasteiger partial charge in [-0.25, -0.2) is 4.98 Å². The number of fused-ring (bicyclic) bond motifs is 1. The summed E-state index contributed by atoms with van der Waals surface area (Å²) in [6, 6.07) is 19.5. The van der Waals surface area contributed by atoms with E-state index in [-0.39, 0.29) is 0 Å². The van der Waals surface area contributed by atoms with Crippen LogP contribution in [0, 0.1) is 6.92 Å². The number of rotatable bonds is 3. The van der Waals surface area contributed by atoms with Gasteiger partial charge in [0.05, 0.1) is 23.1 Å². The van der Waals surface area contributed by atoms with Crippen LogP contribution in [0.25, 0.3) is 33.4 Å². The minimum Gasteiger partial charge on any atom is -0.328 e. The molecule has 0 N–H and O–H groups in total. The summed E-state index contributed by atoms with van der Waals surface area (Å²) in [5.41, 5.74) is 7.90. The van der Waals surface area contributed by atoms with Gasteiger partial charge in [0, 0.05) is 23.4 Å². The fraction of sp³-hybridized carbons (Fsp3) is 0.182. The number of hydrogen-bond acceptors (Lipinski definition) is 2. The molecule has 25 heavy (non-hydrogen) atoms. The zero-order chi connectivity index (χ0) is 17.4. The van der Waals surface area contributed by atoms with Crippen LogP contribution >= 0.6 is 0 Å². The van der Waals surface area contributed by atoms with Crippen molar-refractivity contribution >= 4 is 11.0 Å². The average Bonchev–Trinajstić information content (AvgIpc) is 3.05. The van der Waals surface area contributed by atoms with E-state index in [2.05, 4.69) is 83.8 Å². The molecule has 0 fully saturated rings. The second-order valence-corrected chi connectivity index (χ2v) is 6.72. The summed E-state index contributed by atoms with van der Waals surface area (Å²) in [6.45, 7) is 6.46. The number of pyridine rings is 1. The molecule has 0 saturated carbocycles. The van der Waals surface area contributed by atoms with Crippen LogP contribution in [0.5, 0.6) is 0 Å². The third-order valence-corrected chi connectivity index (χ3v) is 4.54. The third kappa shape index (κ3) is 2.82. The van der Waals surface area contributed by atoms with Gasteiger partial charge >= 0.3 is 0 Å². The molecule has 3 heteroatoms. The summed E-state index contributed by atoms with van der Waals surface area (Å²) in [5.74, 6) is 0. The van der Waals surface area contributed by atoms with Crippen molar-refractivity contribution in [1.29, 1.82) is 0 Å². The van der Waals surface area contributed by atoms with E-state index in [4.69, 9.17) is 0 Å². The molecule has 4 rings (SSSR count). The maximum absolute atomic E-state index is 4.67. The highest BCUT2D eigenvalue weighted by molar-refractivity contribution is 5.87. The number of aromatic nitrogens is 3. The predicted molar refractivity (Wildman–Crippen MR) is 104 cm³/mol. The molecule has 4 aromatic rings. The standard InChI is InChI=1S/C22H21N3/c1-15(2)25-14-24-20-10-9-17(13-21(20)25)19-8-5-11-23-22(19)18-7-4-6-16(3)12-18/h4-15H,1-3H3. The van der Waals surface area contributed by atoms with Gasteiger partial charge in [-0.05, 0) is 50.6 Å². The van der Waals surface area contributed by atoms with Gasteiger partial charge in [0.2, 0.25) is 0 Å². The summed E-state index contributed by atoms with van der Waals surface area (Å²) in [5, 5.41) is 0. The Kier molecular flexibility index (Phi) is 3.85. The van der Waals surface area contributed by atoms with Gasteiger partial charge < -0.3 is 4.57 Å². The van der Waals surface area contributed by atoms with E-state index in [0.717, 1.165) is 27.9 Å². The lowest BCUT2D eigenvalue weighted by Crippen LogP contribution is -1.98. The molecule has 0 bridgehead atoms. The fourth-order valence-corrected chi connectivity index (χ4v) is 3.27. The first-order valence-corrected chi connectivity index (χ1v) is 8.62. The maximum Gasteiger partial charge on any atom is 0.0960 e. The molecular weight excluding hydrogens is 306 g/mol. The minimum absolute atomic E-state index is 0.380. The first kappa shape index (κ1) is 15.6. The lowest BCUT2D eigenvalue weighted by atomic mass is 9.98. The van der Waals surface area contributed by atoms with Crippen molar-refractivity contribution in [2.75, 3.05) is 0 Å². The molecule has 3 nitrogen and oxygen atoms in total. The molecule has 0 saturated heterocycles. The Morgan fingerprint density at radius 3 is 2.56 bits per heavy atom. The molecular formula is C22H21N3. The summed E-state index contributed by atoms with van der Waals surface area (Å²) < 4.78 is 2.21. The molecule has 0 spiro atoms. The molecule has 0 aliphatic rings. The minimum atomic E-state index is 0.380. The zero-order valence-corrected chi connectivity index (χ0v) is 14.8. The Labute approximate surface area is 148 Å². The van der Waals surface area contributed by atoms with Crippen molar-refractivity contribution in [2.45, 2.75) is 26.8 Å². The van der Waals surface area contributed by atoms with Gasteiger partial charge in [0.25, 0.3) is 0 Å². The van der Waals surface area contributed by atoms with Gasteiger partial charge in [-0.3, -0.25) is 4.98 Å². The average molecular weight is 327 g/mol. The normalized spacial score (nSPS) is 11.4. The Bertz CT molecular complexity index is 1040. The van der Waals surface area contributed by atoms with E-state index in [0.29, 0.717) is 6.04 Å². The van der Waals surface area contributed by atoms with Crippen molar-refractivity contribution < 1.29 is 0 Å². The van der Waals surface area contributed by atoms with Crippen LogP contribution in [0.3, 0.4) is 0 Å². The van der Waals surface area contributed by atoms with Crippen molar-refractivity contribution in [2.24, 2.45) is 0 Å². The summed E-state index contributed by atoms with van der Waals surface area (Å²) in [6.07, 6.45) is 3.78. The molecule has 2 heterocycles. The van der Waals surface area contributed by atoms with Crippen LogP contribution in [0.15, 0.2) is 67.1 Å². The highest BCUT2D eigenvalue weighted by Crippen LogP contribution is 2.32. The first-order valence-electron chi connectivity index (χ1n) is 8.62. The number of aryl methyl sites for hydroxylation is 1. The smallest absolute Gasteiger partial charge is 0.0960 e. The molecule has 0 amide bonds. The quantitative estimate of drug-likeness (QED) is 0.486. The monoisotopic (exact) mass is 327 g/mol. The van der Waals surface area contributed by atoms with Gasteiger partial charge in [-0.15, -0.1) is 0 Å². The lowest BCUT2D eigenvalue weighted by Gasteiger charge is -2.12. The fourth-order valence-electron chi connectivity index (χ4n) is 3.27. The summed E-state index contributed by atoms with van der Waals surface area (Å²) in [7, 11) is 0. The van der Waals surface area contributed by atoms with Crippen molar-refractivity contribution in [3.05, 3.63) is 72.7 Å². The van der Waals surface area contributed by atoms with E-state index in [1.807, 2.05) is 18.6 Å². The van der Waals surface area contributed by atoms with Crippen LogP contribution in [0.2, 0.25) is 0 Å².